The first-order valence-electron chi connectivity index (χ1n) is 6.11. The van der Waals surface area contributed by atoms with Gasteiger partial charge in [0.15, 0.2) is 5.82 Å². The van der Waals surface area contributed by atoms with E-state index in [0.29, 0.717) is 28.2 Å². The van der Waals surface area contributed by atoms with Crippen LogP contribution < -0.4 is 0 Å². The van der Waals surface area contributed by atoms with Gasteiger partial charge in [0, 0.05) is 23.1 Å². The lowest BCUT2D eigenvalue weighted by Gasteiger charge is -2.03. The molecule has 1 aromatic carbocycles. The number of halogens is 2. The lowest BCUT2D eigenvalue weighted by atomic mass is 10.1. The van der Waals surface area contributed by atoms with Crippen LogP contribution in [0.25, 0.3) is 0 Å². The molecule has 0 aliphatic carbocycles. The van der Waals surface area contributed by atoms with Gasteiger partial charge >= 0.3 is 0 Å². The Balaban J connectivity index is 1.80. The molecular formula is C13H12Cl2N2O2. The van der Waals surface area contributed by atoms with Gasteiger partial charge in [0.2, 0.25) is 0 Å². The summed E-state index contributed by atoms with van der Waals surface area (Å²) in [4.78, 5) is 4.35. The molecule has 2 heterocycles. The van der Waals surface area contributed by atoms with Crippen molar-refractivity contribution in [3.63, 3.8) is 0 Å². The maximum Gasteiger partial charge on any atom is 0.255 e. The van der Waals surface area contributed by atoms with E-state index in [0.717, 1.165) is 25.0 Å². The fourth-order valence-electron chi connectivity index (χ4n) is 2.10. The smallest absolute Gasteiger partial charge is 0.255 e. The van der Waals surface area contributed by atoms with Crippen LogP contribution in [0, 0.1) is 0 Å². The van der Waals surface area contributed by atoms with E-state index in [9.17, 15) is 0 Å². The zero-order valence-corrected chi connectivity index (χ0v) is 11.6. The van der Waals surface area contributed by atoms with E-state index in [1.807, 2.05) is 6.07 Å². The minimum Gasteiger partial charge on any atom is -0.368 e. The molecule has 1 aliphatic rings. The van der Waals surface area contributed by atoms with Gasteiger partial charge in [-0.1, -0.05) is 34.4 Å². The van der Waals surface area contributed by atoms with Crippen molar-refractivity contribution >= 4 is 23.2 Å². The molecule has 6 heteroatoms. The predicted octanol–water partition coefficient (Wildman–Crippen LogP) is 3.82. The molecule has 0 N–H and O–H groups in total. The van der Waals surface area contributed by atoms with Gasteiger partial charge in [-0.15, -0.1) is 0 Å². The lowest BCUT2D eigenvalue weighted by Crippen LogP contribution is -1.97. The number of nitrogens with zero attached hydrogens (tertiary/aromatic N) is 2. The Morgan fingerprint density at radius 2 is 2.05 bits per heavy atom. The van der Waals surface area contributed by atoms with Crippen LogP contribution in [0.5, 0.6) is 0 Å². The van der Waals surface area contributed by atoms with E-state index >= 15 is 0 Å². The Hall–Kier alpha value is -1.10. The first-order valence-corrected chi connectivity index (χ1v) is 6.86. The van der Waals surface area contributed by atoms with E-state index in [-0.39, 0.29) is 6.10 Å². The summed E-state index contributed by atoms with van der Waals surface area (Å²) in [6.45, 7) is 0.749. The first-order chi connectivity index (χ1) is 9.24. The molecule has 0 bridgehead atoms. The molecule has 100 valence electrons. The summed E-state index contributed by atoms with van der Waals surface area (Å²) >= 11 is 12.2. The Kier molecular flexibility index (Phi) is 3.73. The van der Waals surface area contributed by atoms with Crippen molar-refractivity contribution in [1.82, 2.24) is 10.1 Å². The lowest BCUT2D eigenvalue weighted by molar-refractivity contribution is 0.0835. The van der Waals surface area contributed by atoms with Gasteiger partial charge in [0.25, 0.3) is 5.89 Å². The van der Waals surface area contributed by atoms with Gasteiger partial charge in [-0.3, -0.25) is 0 Å². The molecule has 1 aliphatic heterocycles. The summed E-state index contributed by atoms with van der Waals surface area (Å²) in [5, 5.41) is 5.17. The van der Waals surface area contributed by atoms with Gasteiger partial charge in [-0.05, 0) is 30.5 Å². The molecule has 1 fully saturated rings. The van der Waals surface area contributed by atoms with Crippen LogP contribution in [-0.4, -0.2) is 16.7 Å². The highest BCUT2D eigenvalue weighted by atomic mass is 35.5. The van der Waals surface area contributed by atoms with E-state index in [2.05, 4.69) is 10.1 Å². The van der Waals surface area contributed by atoms with Crippen LogP contribution in [0.15, 0.2) is 22.7 Å². The predicted molar refractivity (Wildman–Crippen MR) is 71.5 cm³/mol. The fourth-order valence-corrected chi connectivity index (χ4v) is 2.63. The molecule has 0 saturated carbocycles. The molecule has 19 heavy (non-hydrogen) atoms. The molecule has 2 aromatic rings. The van der Waals surface area contributed by atoms with Crippen molar-refractivity contribution in [2.24, 2.45) is 0 Å². The van der Waals surface area contributed by atoms with E-state index in [4.69, 9.17) is 32.5 Å². The number of benzene rings is 1. The van der Waals surface area contributed by atoms with Crippen molar-refractivity contribution in [3.8, 4) is 0 Å². The summed E-state index contributed by atoms with van der Waals surface area (Å²) < 4.78 is 10.7. The molecule has 1 atom stereocenters. The summed E-state index contributed by atoms with van der Waals surface area (Å²) in [5.41, 5.74) is 0.811. The van der Waals surface area contributed by atoms with Gasteiger partial charge in [-0.2, -0.15) is 4.98 Å². The van der Waals surface area contributed by atoms with Gasteiger partial charge < -0.3 is 9.26 Å². The van der Waals surface area contributed by atoms with Crippen LogP contribution in [0.3, 0.4) is 0 Å². The third kappa shape index (κ3) is 2.76. The Morgan fingerprint density at radius 3 is 2.74 bits per heavy atom. The Morgan fingerprint density at radius 1 is 1.26 bits per heavy atom. The molecule has 0 spiro atoms. The quantitative estimate of drug-likeness (QED) is 0.864. The van der Waals surface area contributed by atoms with Crippen molar-refractivity contribution < 1.29 is 9.26 Å². The highest BCUT2D eigenvalue weighted by Gasteiger charge is 2.24. The average molecular weight is 299 g/mol. The number of rotatable bonds is 3. The molecule has 0 amide bonds. The van der Waals surface area contributed by atoms with Gasteiger partial charge in [0.1, 0.15) is 6.10 Å². The maximum absolute atomic E-state index is 6.12. The van der Waals surface area contributed by atoms with Crippen LogP contribution in [0.4, 0.5) is 0 Å². The van der Waals surface area contributed by atoms with Crippen molar-refractivity contribution in [2.75, 3.05) is 6.61 Å². The average Bonchev–Trinajstić information content (AvgIpc) is 3.04. The van der Waals surface area contributed by atoms with Crippen LogP contribution in [0.2, 0.25) is 10.0 Å². The third-order valence-corrected chi connectivity index (χ3v) is 3.79. The minimum absolute atomic E-state index is 0.0667. The van der Waals surface area contributed by atoms with Crippen molar-refractivity contribution in [1.29, 1.82) is 0 Å². The van der Waals surface area contributed by atoms with Crippen molar-refractivity contribution in [3.05, 3.63) is 45.5 Å². The van der Waals surface area contributed by atoms with E-state index in [1.165, 1.54) is 0 Å². The van der Waals surface area contributed by atoms with Gasteiger partial charge in [-0.25, -0.2) is 0 Å². The maximum atomic E-state index is 6.12. The zero-order chi connectivity index (χ0) is 13.2. The highest BCUT2D eigenvalue weighted by Crippen LogP contribution is 2.29. The van der Waals surface area contributed by atoms with Crippen molar-refractivity contribution in [2.45, 2.75) is 25.4 Å². The highest BCUT2D eigenvalue weighted by molar-refractivity contribution is 6.36. The monoisotopic (exact) mass is 298 g/mol. The van der Waals surface area contributed by atoms with Gasteiger partial charge in [0.05, 0.1) is 0 Å². The first kappa shape index (κ1) is 12.9. The minimum atomic E-state index is -0.0667. The summed E-state index contributed by atoms with van der Waals surface area (Å²) in [7, 11) is 0. The molecule has 0 unspecified atom stereocenters. The topological polar surface area (TPSA) is 48.2 Å². The second kappa shape index (κ2) is 5.49. The fraction of sp³-hybridized carbons (Fsp3) is 0.385. The molecule has 0 radical (unpaired) electrons. The number of hydrogen-bond acceptors (Lipinski definition) is 4. The zero-order valence-electron chi connectivity index (χ0n) is 10.1. The van der Waals surface area contributed by atoms with Crippen LogP contribution in [0.1, 0.15) is 36.2 Å². The third-order valence-electron chi connectivity index (χ3n) is 3.09. The standard InChI is InChI=1S/C13H12Cl2N2O2/c14-9-3-1-4-10(15)8(9)7-12-16-13(19-17-12)11-5-2-6-18-11/h1,3-4,11H,2,5-7H2/t11-/m1/s1. The molecule has 4 nitrogen and oxygen atoms in total. The Bertz CT molecular complexity index is 560. The van der Waals surface area contributed by atoms with E-state index < -0.39 is 0 Å². The number of ether oxygens (including phenoxy) is 1. The summed E-state index contributed by atoms with van der Waals surface area (Å²) in [6, 6.07) is 5.40. The van der Waals surface area contributed by atoms with Crippen LogP contribution in [-0.2, 0) is 11.2 Å². The summed E-state index contributed by atoms with van der Waals surface area (Å²) in [6.07, 6.45) is 2.34. The largest absolute Gasteiger partial charge is 0.368 e. The second-order valence-electron chi connectivity index (χ2n) is 4.43. The molecule has 1 saturated heterocycles. The van der Waals surface area contributed by atoms with Crippen LogP contribution >= 0.6 is 23.2 Å². The van der Waals surface area contributed by atoms with E-state index in [1.54, 1.807) is 12.1 Å². The Labute approximate surface area is 120 Å². The molecule has 1 aromatic heterocycles. The second-order valence-corrected chi connectivity index (χ2v) is 5.24. The number of hydrogen-bond donors (Lipinski definition) is 0. The SMILES string of the molecule is Clc1cccc(Cl)c1Cc1noc([C@H]2CCCO2)n1. The summed E-state index contributed by atoms with van der Waals surface area (Å²) in [5.74, 6) is 1.11. The normalized spacial score (nSPS) is 18.9. The molecular weight excluding hydrogens is 287 g/mol. The number of aromatic nitrogens is 2. The molecule has 3 rings (SSSR count).